The molecule has 1 aliphatic carbocycles. The summed E-state index contributed by atoms with van der Waals surface area (Å²) in [4.78, 5) is 2.41. The third kappa shape index (κ3) is 2.94. The molecular formula is C16H27N5. The number of allylic oxidation sites excluding steroid dienone is 2. The monoisotopic (exact) mass is 289 g/mol. The number of nitrogens with one attached hydrogen (secondary N) is 2. The summed E-state index contributed by atoms with van der Waals surface area (Å²) in [6, 6.07) is 1.04. The number of fused-ring (bicyclic) bond motifs is 1. The van der Waals surface area contributed by atoms with Gasteiger partial charge in [-0.15, -0.1) is 0 Å². The molecule has 5 nitrogen and oxygen atoms in total. The van der Waals surface area contributed by atoms with Crippen LogP contribution in [0.3, 0.4) is 0 Å². The van der Waals surface area contributed by atoms with Gasteiger partial charge in [0.25, 0.3) is 0 Å². The minimum absolute atomic E-state index is 0.173. The molecule has 0 aromatic rings. The zero-order valence-corrected chi connectivity index (χ0v) is 13.2. The second-order valence-corrected chi connectivity index (χ2v) is 7.23. The van der Waals surface area contributed by atoms with Gasteiger partial charge in [-0.2, -0.15) is 0 Å². The molecule has 2 heterocycles. The van der Waals surface area contributed by atoms with Gasteiger partial charge in [-0.05, 0) is 5.41 Å². The van der Waals surface area contributed by atoms with E-state index in [0.717, 1.165) is 19.6 Å². The summed E-state index contributed by atoms with van der Waals surface area (Å²) < 4.78 is 0. The van der Waals surface area contributed by atoms with Crippen LogP contribution in [0.4, 0.5) is 0 Å². The largest absolute Gasteiger partial charge is 0.379 e. The Labute approximate surface area is 127 Å². The van der Waals surface area contributed by atoms with Gasteiger partial charge in [0, 0.05) is 31.9 Å². The summed E-state index contributed by atoms with van der Waals surface area (Å²) in [6.45, 7) is 9.58. The van der Waals surface area contributed by atoms with Crippen LogP contribution in [-0.4, -0.2) is 47.7 Å². The van der Waals surface area contributed by atoms with Gasteiger partial charge in [0.1, 0.15) is 5.82 Å². The maximum Gasteiger partial charge on any atom is 0.118 e. The Kier molecular flexibility index (Phi) is 3.71. The molecule has 0 radical (unpaired) electrons. The van der Waals surface area contributed by atoms with Crippen LogP contribution in [0, 0.1) is 5.41 Å². The molecule has 116 valence electrons. The number of nitrogens with zero attached hydrogens (tertiary/aromatic N) is 2. The van der Waals surface area contributed by atoms with E-state index in [9.17, 15) is 0 Å². The van der Waals surface area contributed by atoms with Crippen LogP contribution in [0.2, 0.25) is 0 Å². The van der Waals surface area contributed by atoms with Gasteiger partial charge in [-0.1, -0.05) is 45.1 Å². The first-order valence-electron chi connectivity index (χ1n) is 7.79. The summed E-state index contributed by atoms with van der Waals surface area (Å²) in [5, 5.41) is 9.12. The van der Waals surface area contributed by atoms with Crippen molar-refractivity contribution in [1.82, 2.24) is 20.5 Å². The van der Waals surface area contributed by atoms with Gasteiger partial charge in [0.2, 0.25) is 0 Å². The van der Waals surface area contributed by atoms with E-state index in [1.54, 1.807) is 0 Å². The Morgan fingerprint density at radius 1 is 1.14 bits per heavy atom. The molecule has 3 atom stereocenters. The van der Waals surface area contributed by atoms with E-state index in [0.29, 0.717) is 18.1 Å². The van der Waals surface area contributed by atoms with Crippen LogP contribution in [0.5, 0.6) is 0 Å². The molecule has 2 aliphatic heterocycles. The molecule has 1 saturated heterocycles. The summed E-state index contributed by atoms with van der Waals surface area (Å²) in [5.41, 5.74) is 0.173. The predicted octanol–water partition coefficient (Wildman–Crippen LogP) is 0.747. The number of rotatable bonds is 1. The zero-order valence-electron chi connectivity index (χ0n) is 13.2. The van der Waals surface area contributed by atoms with Crippen LogP contribution in [-0.2, 0) is 0 Å². The van der Waals surface area contributed by atoms with Gasteiger partial charge in [0.05, 0.1) is 12.1 Å². The minimum Gasteiger partial charge on any atom is -0.379 e. The Morgan fingerprint density at radius 2 is 1.86 bits per heavy atom. The highest BCUT2D eigenvalue weighted by atomic mass is 15.5. The average molecular weight is 289 g/mol. The Hall–Kier alpha value is -1.46. The number of nitrogens with two attached hydrogens (primary N) is 1. The van der Waals surface area contributed by atoms with Crippen LogP contribution < -0.4 is 16.5 Å². The Balaban J connectivity index is 1.71. The zero-order chi connectivity index (χ0) is 15.0. The highest BCUT2D eigenvalue weighted by Gasteiger charge is 2.35. The van der Waals surface area contributed by atoms with E-state index in [4.69, 9.17) is 5.84 Å². The van der Waals surface area contributed by atoms with Crippen molar-refractivity contribution in [3.05, 3.63) is 36.3 Å². The van der Waals surface area contributed by atoms with Crippen molar-refractivity contribution in [2.75, 3.05) is 19.6 Å². The topological polar surface area (TPSA) is 56.6 Å². The van der Waals surface area contributed by atoms with Crippen molar-refractivity contribution in [3.8, 4) is 0 Å². The maximum absolute atomic E-state index is 6.19. The van der Waals surface area contributed by atoms with E-state index in [-0.39, 0.29) is 5.41 Å². The van der Waals surface area contributed by atoms with Crippen molar-refractivity contribution < 1.29 is 0 Å². The maximum atomic E-state index is 6.19. The number of hydrogen-bond donors (Lipinski definition) is 3. The van der Waals surface area contributed by atoms with E-state index >= 15 is 0 Å². The van der Waals surface area contributed by atoms with Gasteiger partial charge in [-0.25, -0.2) is 5.01 Å². The first-order chi connectivity index (χ1) is 9.95. The molecular weight excluding hydrogens is 262 g/mol. The van der Waals surface area contributed by atoms with Crippen molar-refractivity contribution in [3.63, 3.8) is 0 Å². The summed E-state index contributed by atoms with van der Waals surface area (Å²) in [5.74, 6) is 7.37. The minimum atomic E-state index is 0.173. The molecule has 3 unspecified atom stereocenters. The molecule has 1 fully saturated rings. The summed E-state index contributed by atoms with van der Waals surface area (Å²) >= 11 is 0. The quantitative estimate of drug-likeness (QED) is 0.622. The predicted molar refractivity (Wildman–Crippen MR) is 85.9 cm³/mol. The van der Waals surface area contributed by atoms with Crippen LogP contribution in [0.1, 0.15) is 20.8 Å². The van der Waals surface area contributed by atoms with E-state index in [2.05, 4.69) is 66.8 Å². The first-order valence-corrected chi connectivity index (χ1v) is 7.79. The fourth-order valence-corrected chi connectivity index (χ4v) is 3.26. The Bertz CT molecular complexity index is 474. The second kappa shape index (κ2) is 5.39. The van der Waals surface area contributed by atoms with Gasteiger partial charge < -0.3 is 15.5 Å². The lowest BCUT2D eigenvalue weighted by Gasteiger charge is -2.47. The fraction of sp³-hybridized carbons (Fsp3) is 0.625. The van der Waals surface area contributed by atoms with Gasteiger partial charge in [0.15, 0.2) is 0 Å². The Morgan fingerprint density at radius 3 is 2.57 bits per heavy atom. The van der Waals surface area contributed by atoms with Crippen molar-refractivity contribution in [2.24, 2.45) is 11.3 Å². The molecule has 0 amide bonds. The van der Waals surface area contributed by atoms with Crippen LogP contribution in [0.15, 0.2) is 36.3 Å². The normalized spacial score (nSPS) is 33.0. The third-order valence-electron chi connectivity index (χ3n) is 4.62. The smallest absolute Gasteiger partial charge is 0.118 e. The third-order valence-corrected chi connectivity index (χ3v) is 4.62. The lowest BCUT2D eigenvalue weighted by molar-refractivity contribution is 0.0248. The van der Waals surface area contributed by atoms with Crippen LogP contribution in [0.25, 0.3) is 0 Å². The molecule has 21 heavy (non-hydrogen) atoms. The van der Waals surface area contributed by atoms with Crippen molar-refractivity contribution in [2.45, 2.75) is 38.9 Å². The molecule has 4 N–H and O–H groups in total. The summed E-state index contributed by atoms with van der Waals surface area (Å²) in [6.07, 6.45) is 10.7. The molecule has 0 saturated carbocycles. The molecule has 3 rings (SSSR count). The first kappa shape index (κ1) is 14.5. The molecule has 0 spiro atoms. The van der Waals surface area contributed by atoms with E-state index < -0.39 is 0 Å². The molecule has 3 aliphatic rings. The van der Waals surface area contributed by atoms with Crippen molar-refractivity contribution in [1.29, 1.82) is 0 Å². The van der Waals surface area contributed by atoms with E-state index in [1.165, 1.54) is 5.82 Å². The highest BCUT2D eigenvalue weighted by Crippen LogP contribution is 2.27. The highest BCUT2D eigenvalue weighted by molar-refractivity contribution is 5.25. The molecule has 0 bridgehead atoms. The van der Waals surface area contributed by atoms with Crippen molar-refractivity contribution >= 4 is 0 Å². The van der Waals surface area contributed by atoms with Gasteiger partial charge >= 0.3 is 0 Å². The average Bonchev–Trinajstić information content (AvgIpc) is 2.46. The SMILES string of the molecule is CC(C)(C)C1CN(C2=CNC3C=CC=CC3N2)CCN1N. The molecule has 5 heteroatoms. The van der Waals surface area contributed by atoms with Crippen LogP contribution >= 0.6 is 0 Å². The number of hydrogen-bond acceptors (Lipinski definition) is 5. The second-order valence-electron chi connectivity index (χ2n) is 7.23. The van der Waals surface area contributed by atoms with Gasteiger partial charge in [-0.3, -0.25) is 5.84 Å². The molecule has 0 aromatic heterocycles. The fourth-order valence-electron chi connectivity index (χ4n) is 3.26. The lowest BCUT2D eigenvalue weighted by Crippen LogP contribution is -2.62. The summed E-state index contributed by atoms with van der Waals surface area (Å²) in [7, 11) is 0. The molecule has 0 aromatic carbocycles. The number of piperazine rings is 1. The lowest BCUT2D eigenvalue weighted by atomic mass is 9.85. The number of hydrazine groups is 1. The standard InChI is InChI=1S/C16H27N5/c1-16(2,3)14-11-20(8-9-21(14)17)15-10-18-12-6-4-5-7-13(12)19-15/h4-7,10,12-14,18-19H,8-9,11,17H2,1-3H3. The van der Waals surface area contributed by atoms with E-state index in [1.807, 2.05) is 5.01 Å².